The van der Waals surface area contributed by atoms with Gasteiger partial charge in [-0.1, -0.05) is 0 Å². The van der Waals surface area contributed by atoms with Crippen LogP contribution in [-0.2, 0) is 0 Å². The van der Waals surface area contributed by atoms with Gasteiger partial charge in [0.15, 0.2) is 0 Å². The predicted octanol–water partition coefficient (Wildman–Crippen LogP) is 0.297. The molecule has 0 radical (unpaired) electrons. The molecule has 0 saturated carbocycles. The van der Waals surface area contributed by atoms with Crippen molar-refractivity contribution in [1.29, 1.82) is 0 Å². The van der Waals surface area contributed by atoms with E-state index in [-0.39, 0.29) is 5.91 Å². The van der Waals surface area contributed by atoms with Gasteiger partial charge >= 0.3 is 0 Å². The number of pyridine rings is 1. The summed E-state index contributed by atoms with van der Waals surface area (Å²) in [6, 6.07) is 1.63. The van der Waals surface area contributed by atoms with E-state index in [0.717, 1.165) is 6.54 Å². The van der Waals surface area contributed by atoms with E-state index in [9.17, 15) is 4.79 Å². The van der Waals surface area contributed by atoms with Gasteiger partial charge < -0.3 is 15.5 Å². The Bertz CT molecular complexity index is 365. The van der Waals surface area contributed by atoms with E-state index in [4.69, 9.17) is 5.73 Å². The number of carbonyl (C=O) groups is 1. The van der Waals surface area contributed by atoms with Crippen molar-refractivity contribution in [3.63, 3.8) is 0 Å². The Hall–Kier alpha value is -1.62. The average molecular weight is 222 g/mol. The molecule has 0 aromatic carbocycles. The molecule has 88 valence electrons. The highest BCUT2D eigenvalue weighted by molar-refractivity contribution is 5.98. The van der Waals surface area contributed by atoms with Crippen LogP contribution in [0.1, 0.15) is 10.4 Å². The number of nitrogen functional groups attached to an aromatic ring is 1. The fraction of sp³-hybridized carbons (Fsp3) is 0.455. The number of aromatic nitrogens is 1. The van der Waals surface area contributed by atoms with E-state index in [1.165, 1.54) is 6.20 Å². The predicted molar refractivity (Wildman–Crippen MR) is 64.2 cm³/mol. The molecule has 5 nitrogen and oxygen atoms in total. The van der Waals surface area contributed by atoms with Crippen molar-refractivity contribution in [2.75, 3.05) is 40.0 Å². The van der Waals surface area contributed by atoms with Crippen molar-refractivity contribution in [3.8, 4) is 0 Å². The van der Waals surface area contributed by atoms with E-state index in [0.29, 0.717) is 17.8 Å². The Labute approximate surface area is 95.9 Å². The third-order valence-electron chi connectivity index (χ3n) is 2.31. The van der Waals surface area contributed by atoms with Crippen LogP contribution in [0.4, 0.5) is 5.69 Å². The van der Waals surface area contributed by atoms with Crippen molar-refractivity contribution in [3.05, 3.63) is 24.0 Å². The van der Waals surface area contributed by atoms with Crippen molar-refractivity contribution >= 4 is 11.6 Å². The summed E-state index contributed by atoms with van der Waals surface area (Å²) >= 11 is 0. The Morgan fingerprint density at radius 2 is 2.06 bits per heavy atom. The third-order valence-corrected chi connectivity index (χ3v) is 2.31. The Morgan fingerprint density at radius 3 is 2.62 bits per heavy atom. The van der Waals surface area contributed by atoms with Gasteiger partial charge in [0.05, 0.1) is 5.56 Å². The summed E-state index contributed by atoms with van der Waals surface area (Å²) in [5, 5.41) is 0. The molecular formula is C11H18N4O. The average Bonchev–Trinajstić information content (AvgIpc) is 2.25. The maximum Gasteiger partial charge on any atom is 0.257 e. The molecule has 0 spiro atoms. The first-order chi connectivity index (χ1) is 7.52. The minimum Gasteiger partial charge on any atom is -0.398 e. The fourth-order valence-electron chi connectivity index (χ4n) is 1.24. The van der Waals surface area contributed by atoms with Crippen molar-refractivity contribution in [2.24, 2.45) is 0 Å². The van der Waals surface area contributed by atoms with Crippen LogP contribution >= 0.6 is 0 Å². The van der Waals surface area contributed by atoms with Crippen LogP contribution in [-0.4, -0.2) is 54.9 Å². The number of rotatable bonds is 4. The fourth-order valence-corrected chi connectivity index (χ4v) is 1.24. The van der Waals surface area contributed by atoms with Gasteiger partial charge in [0.25, 0.3) is 5.91 Å². The van der Waals surface area contributed by atoms with Gasteiger partial charge in [-0.15, -0.1) is 0 Å². The molecule has 5 heteroatoms. The number of hydrogen-bond acceptors (Lipinski definition) is 4. The lowest BCUT2D eigenvalue weighted by Gasteiger charge is -2.20. The van der Waals surface area contributed by atoms with Crippen LogP contribution in [0, 0.1) is 0 Å². The largest absolute Gasteiger partial charge is 0.398 e. The first-order valence-corrected chi connectivity index (χ1v) is 5.12. The molecule has 0 aliphatic carbocycles. The normalized spacial score (nSPS) is 10.5. The van der Waals surface area contributed by atoms with Crippen molar-refractivity contribution in [1.82, 2.24) is 14.8 Å². The summed E-state index contributed by atoms with van der Waals surface area (Å²) in [5.74, 6) is -0.0903. The standard InChI is InChI=1S/C11H18N4O/c1-14(2)6-7-15(3)11(16)9-8-13-5-4-10(9)12/h4-5,8H,6-7H2,1-3H3,(H2,12,13). The Balaban J connectivity index is 2.67. The quantitative estimate of drug-likeness (QED) is 0.795. The highest BCUT2D eigenvalue weighted by Gasteiger charge is 2.14. The van der Waals surface area contributed by atoms with E-state index in [2.05, 4.69) is 4.98 Å². The number of anilines is 1. The van der Waals surface area contributed by atoms with Crippen LogP contribution in [0.3, 0.4) is 0 Å². The lowest BCUT2D eigenvalue weighted by atomic mass is 10.2. The van der Waals surface area contributed by atoms with E-state index < -0.39 is 0 Å². The molecule has 0 bridgehead atoms. The van der Waals surface area contributed by atoms with Crippen LogP contribution in [0.2, 0.25) is 0 Å². The second-order valence-corrected chi connectivity index (χ2v) is 3.99. The molecule has 2 N–H and O–H groups in total. The monoisotopic (exact) mass is 222 g/mol. The zero-order valence-electron chi connectivity index (χ0n) is 9.97. The number of nitrogens with zero attached hydrogens (tertiary/aromatic N) is 3. The highest BCUT2D eigenvalue weighted by atomic mass is 16.2. The third kappa shape index (κ3) is 3.20. The summed E-state index contributed by atoms with van der Waals surface area (Å²) in [4.78, 5) is 19.5. The van der Waals surface area contributed by atoms with E-state index in [1.54, 1.807) is 24.2 Å². The maximum absolute atomic E-state index is 12.0. The smallest absolute Gasteiger partial charge is 0.257 e. The van der Waals surface area contributed by atoms with Crippen molar-refractivity contribution < 1.29 is 4.79 Å². The molecule has 0 saturated heterocycles. The molecule has 0 aliphatic rings. The van der Waals surface area contributed by atoms with Crippen molar-refractivity contribution in [2.45, 2.75) is 0 Å². The maximum atomic E-state index is 12.0. The summed E-state index contributed by atoms with van der Waals surface area (Å²) in [7, 11) is 5.70. The van der Waals surface area contributed by atoms with Gasteiger partial charge in [-0.3, -0.25) is 9.78 Å². The van der Waals surface area contributed by atoms with Gasteiger partial charge in [-0.2, -0.15) is 0 Å². The summed E-state index contributed by atoms with van der Waals surface area (Å²) < 4.78 is 0. The zero-order chi connectivity index (χ0) is 12.1. The SMILES string of the molecule is CN(C)CCN(C)C(=O)c1cnccc1N. The van der Waals surface area contributed by atoms with E-state index in [1.807, 2.05) is 19.0 Å². The summed E-state index contributed by atoms with van der Waals surface area (Å²) in [5.41, 5.74) is 6.65. The van der Waals surface area contributed by atoms with E-state index >= 15 is 0 Å². The first-order valence-electron chi connectivity index (χ1n) is 5.12. The molecule has 1 amide bonds. The zero-order valence-corrected chi connectivity index (χ0v) is 9.97. The summed E-state index contributed by atoms with van der Waals surface area (Å²) in [6.07, 6.45) is 3.08. The lowest BCUT2D eigenvalue weighted by Crippen LogP contribution is -2.33. The number of amides is 1. The van der Waals surface area contributed by atoms with Gasteiger partial charge in [-0.25, -0.2) is 0 Å². The van der Waals surface area contributed by atoms with Crippen LogP contribution in [0.5, 0.6) is 0 Å². The Morgan fingerprint density at radius 1 is 1.38 bits per heavy atom. The second-order valence-electron chi connectivity index (χ2n) is 3.99. The molecule has 0 atom stereocenters. The van der Waals surface area contributed by atoms with Crippen LogP contribution < -0.4 is 5.73 Å². The molecule has 0 unspecified atom stereocenters. The number of hydrogen-bond donors (Lipinski definition) is 1. The molecule has 0 aliphatic heterocycles. The molecule has 1 aromatic rings. The second kappa shape index (κ2) is 5.46. The molecular weight excluding hydrogens is 204 g/mol. The molecule has 16 heavy (non-hydrogen) atoms. The number of likely N-dealkylation sites (N-methyl/N-ethyl adjacent to an activating group) is 2. The highest BCUT2D eigenvalue weighted by Crippen LogP contribution is 2.10. The minimum atomic E-state index is -0.0903. The first kappa shape index (κ1) is 12.4. The van der Waals surface area contributed by atoms with Gasteiger partial charge in [0.1, 0.15) is 0 Å². The van der Waals surface area contributed by atoms with Gasteiger partial charge in [-0.05, 0) is 20.2 Å². The lowest BCUT2D eigenvalue weighted by molar-refractivity contribution is 0.0787. The van der Waals surface area contributed by atoms with Gasteiger partial charge in [0.2, 0.25) is 0 Å². The van der Waals surface area contributed by atoms with Crippen LogP contribution in [0.15, 0.2) is 18.5 Å². The van der Waals surface area contributed by atoms with Gasteiger partial charge in [0, 0.05) is 38.2 Å². The molecule has 0 fully saturated rings. The number of carbonyl (C=O) groups excluding carboxylic acids is 1. The molecule has 1 aromatic heterocycles. The Kier molecular flexibility index (Phi) is 4.25. The topological polar surface area (TPSA) is 62.5 Å². The number of nitrogens with two attached hydrogens (primary N) is 1. The minimum absolute atomic E-state index is 0.0903. The molecule has 1 heterocycles. The molecule has 1 rings (SSSR count). The van der Waals surface area contributed by atoms with Crippen LogP contribution in [0.25, 0.3) is 0 Å². The summed E-state index contributed by atoms with van der Waals surface area (Å²) in [6.45, 7) is 1.49.